The molecule has 0 bridgehead atoms. The molecule has 5 heteroatoms. The van der Waals surface area contributed by atoms with Crippen molar-refractivity contribution in [3.8, 4) is 11.1 Å². The summed E-state index contributed by atoms with van der Waals surface area (Å²) in [5, 5.41) is 4.72. The fourth-order valence-corrected chi connectivity index (χ4v) is 3.53. The van der Waals surface area contributed by atoms with Gasteiger partial charge in [-0.25, -0.2) is 0 Å². The van der Waals surface area contributed by atoms with Crippen LogP contribution in [-0.2, 0) is 4.79 Å². The lowest BCUT2D eigenvalue weighted by atomic mass is 10.1. The van der Waals surface area contributed by atoms with Crippen molar-refractivity contribution < 1.29 is 9.59 Å². The molecule has 4 nitrogen and oxygen atoms in total. The highest BCUT2D eigenvalue weighted by Crippen LogP contribution is 2.29. The van der Waals surface area contributed by atoms with E-state index >= 15 is 0 Å². The Morgan fingerprint density at radius 3 is 2.38 bits per heavy atom. The van der Waals surface area contributed by atoms with Crippen molar-refractivity contribution in [2.45, 2.75) is 6.92 Å². The molecule has 132 valence electrons. The number of likely N-dealkylation sites (N-methyl/N-ethyl adjacent to an activating group) is 1. The highest BCUT2D eigenvalue weighted by Gasteiger charge is 2.20. The fraction of sp³-hybridized carbons (Fsp3) is 0.143. The van der Waals surface area contributed by atoms with E-state index in [1.54, 1.807) is 7.05 Å². The molecule has 0 unspecified atom stereocenters. The van der Waals surface area contributed by atoms with E-state index in [2.05, 4.69) is 5.32 Å². The number of carbonyl (C=O) groups is 2. The lowest BCUT2D eigenvalue weighted by Crippen LogP contribution is -2.34. The summed E-state index contributed by atoms with van der Waals surface area (Å²) >= 11 is 1.39. The SMILES string of the molecule is Cc1ccc(NC(=O)CN(C)C(=O)c2sccc2-c2ccccc2)cc1. The van der Waals surface area contributed by atoms with Crippen molar-refractivity contribution in [2.24, 2.45) is 0 Å². The number of hydrogen-bond acceptors (Lipinski definition) is 3. The monoisotopic (exact) mass is 364 g/mol. The molecule has 0 fully saturated rings. The van der Waals surface area contributed by atoms with Gasteiger partial charge in [0.15, 0.2) is 0 Å². The molecule has 1 aromatic heterocycles. The van der Waals surface area contributed by atoms with E-state index in [-0.39, 0.29) is 18.4 Å². The van der Waals surface area contributed by atoms with Crippen LogP contribution in [0.3, 0.4) is 0 Å². The van der Waals surface area contributed by atoms with Crippen molar-refractivity contribution in [1.82, 2.24) is 4.90 Å². The quantitative estimate of drug-likeness (QED) is 0.728. The Balaban J connectivity index is 1.68. The number of amides is 2. The Labute approximate surface area is 157 Å². The van der Waals surface area contributed by atoms with Gasteiger partial charge in [0.2, 0.25) is 5.91 Å². The van der Waals surface area contributed by atoms with E-state index in [0.29, 0.717) is 4.88 Å². The second kappa shape index (κ2) is 7.97. The normalized spacial score (nSPS) is 10.4. The van der Waals surface area contributed by atoms with Gasteiger partial charge < -0.3 is 10.2 Å². The minimum Gasteiger partial charge on any atom is -0.332 e. The maximum atomic E-state index is 12.8. The number of anilines is 1. The highest BCUT2D eigenvalue weighted by atomic mass is 32.1. The van der Waals surface area contributed by atoms with Crippen LogP contribution in [0.4, 0.5) is 5.69 Å². The van der Waals surface area contributed by atoms with Gasteiger partial charge in [0.05, 0.1) is 11.4 Å². The third kappa shape index (κ3) is 4.18. The second-order valence-corrected chi connectivity index (χ2v) is 7.02. The Bertz CT molecular complexity index is 901. The first-order chi connectivity index (χ1) is 12.5. The topological polar surface area (TPSA) is 49.4 Å². The first kappa shape index (κ1) is 17.9. The van der Waals surface area contributed by atoms with E-state index in [0.717, 1.165) is 22.4 Å². The fourth-order valence-electron chi connectivity index (χ4n) is 2.62. The van der Waals surface area contributed by atoms with Gasteiger partial charge in [-0.15, -0.1) is 11.3 Å². The van der Waals surface area contributed by atoms with Crippen LogP contribution in [0.15, 0.2) is 66.0 Å². The average molecular weight is 364 g/mol. The van der Waals surface area contributed by atoms with Gasteiger partial charge in [-0.05, 0) is 36.1 Å². The van der Waals surface area contributed by atoms with Crippen LogP contribution in [0.2, 0.25) is 0 Å². The zero-order chi connectivity index (χ0) is 18.5. The van der Waals surface area contributed by atoms with Gasteiger partial charge in [0.1, 0.15) is 0 Å². The standard InChI is InChI=1S/C21H20N2O2S/c1-15-8-10-17(11-9-15)22-19(24)14-23(2)21(25)20-18(12-13-26-20)16-6-4-3-5-7-16/h3-13H,14H2,1-2H3,(H,22,24). The molecular weight excluding hydrogens is 344 g/mol. The third-order valence-electron chi connectivity index (χ3n) is 4.01. The average Bonchev–Trinajstić information content (AvgIpc) is 3.13. The summed E-state index contributed by atoms with van der Waals surface area (Å²) in [4.78, 5) is 27.1. The molecular formula is C21H20N2O2S. The molecule has 2 amide bonds. The molecule has 0 spiro atoms. The number of hydrogen-bond donors (Lipinski definition) is 1. The van der Waals surface area contributed by atoms with Gasteiger partial charge in [-0.3, -0.25) is 9.59 Å². The van der Waals surface area contributed by atoms with Crippen LogP contribution in [0.1, 0.15) is 15.2 Å². The summed E-state index contributed by atoms with van der Waals surface area (Å²) in [6.07, 6.45) is 0. The highest BCUT2D eigenvalue weighted by molar-refractivity contribution is 7.12. The Morgan fingerprint density at radius 1 is 1.00 bits per heavy atom. The molecule has 3 aromatic rings. The Morgan fingerprint density at radius 2 is 1.69 bits per heavy atom. The van der Waals surface area contributed by atoms with Crippen LogP contribution in [0.5, 0.6) is 0 Å². The third-order valence-corrected chi connectivity index (χ3v) is 4.91. The first-order valence-electron chi connectivity index (χ1n) is 8.29. The summed E-state index contributed by atoms with van der Waals surface area (Å²) in [7, 11) is 1.64. The molecule has 0 radical (unpaired) electrons. The van der Waals surface area contributed by atoms with E-state index in [9.17, 15) is 9.59 Å². The maximum Gasteiger partial charge on any atom is 0.264 e. The van der Waals surface area contributed by atoms with Crippen molar-refractivity contribution in [3.05, 3.63) is 76.5 Å². The van der Waals surface area contributed by atoms with Gasteiger partial charge in [-0.2, -0.15) is 0 Å². The van der Waals surface area contributed by atoms with E-state index < -0.39 is 0 Å². The van der Waals surface area contributed by atoms with Gasteiger partial charge in [0, 0.05) is 18.3 Å². The molecule has 1 N–H and O–H groups in total. The van der Waals surface area contributed by atoms with E-state index in [1.807, 2.05) is 73.0 Å². The summed E-state index contributed by atoms with van der Waals surface area (Å²) in [6, 6.07) is 19.3. The number of rotatable bonds is 5. The predicted molar refractivity (Wildman–Crippen MR) is 107 cm³/mol. The van der Waals surface area contributed by atoms with Crippen LogP contribution in [0.25, 0.3) is 11.1 Å². The maximum absolute atomic E-state index is 12.8. The second-order valence-electron chi connectivity index (χ2n) is 6.10. The summed E-state index contributed by atoms with van der Waals surface area (Å²) in [6.45, 7) is 1.99. The first-order valence-corrected chi connectivity index (χ1v) is 9.17. The van der Waals surface area contributed by atoms with Crippen LogP contribution < -0.4 is 5.32 Å². The van der Waals surface area contributed by atoms with Crippen LogP contribution in [0, 0.1) is 6.92 Å². The predicted octanol–water partition coefficient (Wildman–Crippen LogP) is 4.43. The number of aryl methyl sites for hydroxylation is 1. The molecule has 0 saturated carbocycles. The number of nitrogens with zero attached hydrogens (tertiary/aromatic N) is 1. The van der Waals surface area contributed by atoms with Gasteiger partial charge in [0.25, 0.3) is 5.91 Å². The lowest BCUT2D eigenvalue weighted by Gasteiger charge is -2.17. The lowest BCUT2D eigenvalue weighted by molar-refractivity contribution is -0.116. The molecule has 3 rings (SSSR count). The molecule has 26 heavy (non-hydrogen) atoms. The molecule has 0 atom stereocenters. The van der Waals surface area contributed by atoms with E-state index in [1.165, 1.54) is 16.2 Å². The molecule has 0 saturated heterocycles. The van der Waals surface area contributed by atoms with Gasteiger partial charge >= 0.3 is 0 Å². The van der Waals surface area contributed by atoms with E-state index in [4.69, 9.17) is 0 Å². The smallest absolute Gasteiger partial charge is 0.264 e. The summed E-state index contributed by atoms with van der Waals surface area (Å²) in [5.41, 5.74) is 3.74. The van der Waals surface area contributed by atoms with Crippen molar-refractivity contribution in [1.29, 1.82) is 0 Å². The molecule has 0 aliphatic carbocycles. The number of nitrogens with one attached hydrogen (secondary N) is 1. The molecule has 0 aliphatic heterocycles. The zero-order valence-electron chi connectivity index (χ0n) is 14.7. The van der Waals surface area contributed by atoms with Crippen molar-refractivity contribution in [2.75, 3.05) is 18.9 Å². The Kier molecular flexibility index (Phi) is 5.49. The molecule has 0 aliphatic rings. The minimum absolute atomic E-state index is 0.00115. The largest absolute Gasteiger partial charge is 0.332 e. The number of benzene rings is 2. The van der Waals surface area contributed by atoms with Crippen LogP contribution >= 0.6 is 11.3 Å². The number of thiophene rings is 1. The Hall–Kier alpha value is -2.92. The van der Waals surface area contributed by atoms with Crippen LogP contribution in [-0.4, -0.2) is 30.3 Å². The molecule has 2 aromatic carbocycles. The minimum atomic E-state index is -0.220. The zero-order valence-corrected chi connectivity index (χ0v) is 15.5. The van der Waals surface area contributed by atoms with Crippen molar-refractivity contribution >= 4 is 28.8 Å². The summed E-state index contributed by atoms with van der Waals surface area (Å²) < 4.78 is 0. The molecule has 1 heterocycles. The number of carbonyl (C=O) groups excluding carboxylic acids is 2. The summed E-state index contributed by atoms with van der Waals surface area (Å²) in [5.74, 6) is -0.375. The van der Waals surface area contributed by atoms with Gasteiger partial charge in [-0.1, -0.05) is 48.0 Å². The van der Waals surface area contributed by atoms with Crippen molar-refractivity contribution in [3.63, 3.8) is 0 Å².